The van der Waals surface area contributed by atoms with Crippen LogP contribution in [0.1, 0.15) is 0 Å². The molecule has 0 bridgehead atoms. The summed E-state index contributed by atoms with van der Waals surface area (Å²) >= 11 is 0. The fourth-order valence-corrected chi connectivity index (χ4v) is 1.49. The summed E-state index contributed by atoms with van der Waals surface area (Å²) in [6, 6.07) is 10.7. The molecule has 0 unspecified atom stereocenters. The molecule has 1 heterocycles. The zero-order valence-corrected chi connectivity index (χ0v) is 22.0. The predicted molar refractivity (Wildman–Crippen MR) is 55.4 cm³/mol. The summed E-state index contributed by atoms with van der Waals surface area (Å²) in [4.78, 5) is 23.0. The average molecular weight is 773 g/mol. The summed E-state index contributed by atoms with van der Waals surface area (Å²) < 4.78 is 5.05. The summed E-state index contributed by atoms with van der Waals surface area (Å²) in [5.41, 5.74) is 0.685. The third-order valence-corrected chi connectivity index (χ3v) is 2.22. The van der Waals surface area contributed by atoms with Crippen molar-refractivity contribution in [3.05, 3.63) is 30.3 Å². The van der Waals surface area contributed by atoms with Gasteiger partial charge in [-0.1, -0.05) is 0 Å². The molecule has 0 saturated carbocycles. The normalized spacial score (nSPS) is 16.3. The van der Waals surface area contributed by atoms with Gasteiger partial charge in [-0.2, -0.15) is 12.1 Å². The topological polar surface area (TPSA) is 58.6 Å². The zero-order chi connectivity index (χ0) is 11.4. The van der Waals surface area contributed by atoms with Gasteiger partial charge < -0.3 is 37.9 Å². The van der Waals surface area contributed by atoms with Crippen LogP contribution in [0.15, 0.2) is 18.2 Å². The van der Waals surface area contributed by atoms with Crippen LogP contribution in [0.4, 0.5) is 10.5 Å². The summed E-state index contributed by atoms with van der Waals surface area (Å²) in [5.74, 6) is 0. The van der Waals surface area contributed by atoms with Crippen molar-refractivity contribution in [3.63, 3.8) is 0 Å². The molecule has 8 heteroatoms. The number of hydrogen-bond donors (Lipinski definition) is 1. The van der Waals surface area contributed by atoms with Crippen LogP contribution in [-0.2, 0) is 28.1 Å². The Balaban J connectivity index is 0. The Hall–Kier alpha value is -1.40. The van der Waals surface area contributed by atoms with Gasteiger partial charge in [0.25, 0.3) is 0 Å². The molecule has 0 aliphatic carbocycles. The molecule has 5 nitrogen and oxygen atoms in total. The Morgan fingerprint density at radius 3 is 2.68 bits per heavy atom. The van der Waals surface area contributed by atoms with Crippen molar-refractivity contribution in [2.75, 3.05) is 18.0 Å². The van der Waals surface area contributed by atoms with E-state index in [0.29, 0.717) is 12.2 Å². The Kier molecular flexibility index (Phi) is 9.98. The Morgan fingerprint density at radius 2 is 2.11 bits per heavy atom. The second-order valence-electron chi connectivity index (χ2n) is 3.29. The number of anilines is 1. The van der Waals surface area contributed by atoms with Crippen molar-refractivity contribution in [1.82, 2.24) is 5.32 Å². The molecule has 1 aliphatic heterocycles. The first kappa shape index (κ1) is 19.9. The maximum Gasteiger partial charge on any atom is 0.393 e. The number of ether oxygens (including phenoxy) is 1. The Morgan fingerprint density at radius 1 is 1.47 bits per heavy atom. The molecular formula is C11H9N2O3RfUV-3. The van der Waals surface area contributed by atoms with E-state index in [4.69, 9.17) is 4.74 Å². The Labute approximate surface area is 141 Å². The monoisotopic (exact) mass is 773 g/mol. The molecule has 2 amide bonds. The van der Waals surface area contributed by atoms with E-state index in [1.807, 2.05) is 0 Å². The molecule has 1 aromatic carbocycles. The molecule has 1 aliphatic rings. The number of carbonyl (C=O) groups excluding carboxylic acids is 2. The summed E-state index contributed by atoms with van der Waals surface area (Å²) in [7, 11) is 0. The van der Waals surface area contributed by atoms with Crippen LogP contribution in [0.2, 0.25) is 0 Å². The summed E-state index contributed by atoms with van der Waals surface area (Å²) in [6.45, 7) is 0.672. The molecule has 1 radical (unpaired) electrons. The molecule has 2 rings (SSSR count). The number of hydrogen-bond acceptors (Lipinski definition) is 3. The van der Waals surface area contributed by atoms with Crippen LogP contribution in [-0.4, -0.2) is 31.7 Å². The van der Waals surface area contributed by atoms with Crippen LogP contribution in [0.25, 0.3) is 0 Å². The van der Waals surface area contributed by atoms with Gasteiger partial charge in [0.15, 0.2) is 0 Å². The minimum Gasteiger partial charge on any atom is -0.527 e. The van der Waals surface area contributed by atoms with E-state index in [9.17, 15) is 9.59 Å². The van der Waals surface area contributed by atoms with Crippen LogP contribution < -0.4 is 10.2 Å². The molecule has 1 atom stereocenters. The van der Waals surface area contributed by atoms with Crippen molar-refractivity contribution < 1.29 is 64.0 Å². The molecule has 19 heavy (non-hydrogen) atoms. The van der Waals surface area contributed by atoms with Crippen molar-refractivity contribution in [1.29, 1.82) is 0 Å². The standard InChI is InChI=1S/C11H9N2O3.Rf.U.V/c14-8-12-6-10-7-13(11(15)16-10)9-4-2-1-3-5-9;;;/h1,4-5,10H,6-7H2,(H,12,14);;;/q-3;;;/t10-;;;/m0.../s1. The van der Waals surface area contributed by atoms with Gasteiger partial charge >= 0.3 is 6.09 Å². The largest absolute Gasteiger partial charge is 0.527 e. The molecule has 0 aromatic heterocycles. The number of nitrogens with zero attached hydrogens (tertiary/aromatic N) is 1. The number of cyclic esters (lactones) is 1. The van der Waals surface area contributed by atoms with E-state index in [-0.39, 0.29) is 62.3 Å². The van der Waals surface area contributed by atoms with Gasteiger partial charge in [-0.3, -0.25) is 12.1 Å². The van der Waals surface area contributed by atoms with Gasteiger partial charge in [-0.05, 0) is 0 Å². The Bertz CT molecular complexity index is 397. The molecular weight excluding hydrogens is 764 g/mol. The van der Waals surface area contributed by atoms with Crippen molar-refractivity contribution in [2.24, 2.45) is 0 Å². The molecule has 1 saturated heterocycles. The second kappa shape index (κ2) is 9.52. The van der Waals surface area contributed by atoms with Gasteiger partial charge in [0.2, 0.25) is 0 Å². The fraction of sp³-hybridized carbons (Fsp3) is 0.273. The number of nitrogens with one attached hydrogen (secondary N) is 1. The first-order valence-corrected chi connectivity index (χ1v) is 4.76. The molecule has 1 aromatic rings. The van der Waals surface area contributed by atoms with Gasteiger partial charge in [0.1, 0.15) is 6.10 Å². The molecule has 1 fully saturated rings. The van der Waals surface area contributed by atoms with Crippen molar-refractivity contribution >= 4 is 18.2 Å². The SMILES string of the molecule is O=[C-]NC[C@H]1CN(c2c[c-]c[c-]c2)C(=O)O1.[Rf].[U].[V]. The predicted octanol–water partition coefficient (Wildman–Crippen LogP) is 0.266. The number of amides is 2. The maximum absolute atomic E-state index is 11.5. The first-order valence-electron chi connectivity index (χ1n) is 4.76. The minimum absolute atomic E-state index is 0. The van der Waals surface area contributed by atoms with E-state index < -0.39 is 6.09 Å². The van der Waals surface area contributed by atoms with Gasteiger partial charge in [0.05, 0.1) is 0 Å². The van der Waals surface area contributed by atoms with Crippen molar-refractivity contribution in [3.8, 4) is 0 Å². The van der Waals surface area contributed by atoms with E-state index in [0.717, 1.165) is 0 Å². The number of carbonyl (C=O) groups is 1. The third kappa shape index (κ3) is 5.00. The van der Waals surface area contributed by atoms with Crippen LogP contribution >= 0.6 is 0 Å². The smallest absolute Gasteiger partial charge is 0.393 e. The number of benzene rings is 1. The van der Waals surface area contributed by atoms with E-state index in [2.05, 4.69) is 17.4 Å². The maximum atomic E-state index is 11.5. The molecule has 95 valence electrons. The zero-order valence-electron chi connectivity index (χ0n) is 10.0. The summed E-state index contributed by atoms with van der Waals surface area (Å²) in [5, 5.41) is 2.36. The third-order valence-electron chi connectivity index (χ3n) is 2.22. The molecule has 1 N–H and O–H groups in total. The first-order chi connectivity index (χ1) is 7.81. The van der Waals surface area contributed by atoms with E-state index in [1.54, 1.807) is 24.6 Å². The van der Waals surface area contributed by atoms with Crippen LogP contribution in [0.3, 0.4) is 0 Å². The van der Waals surface area contributed by atoms with Crippen molar-refractivity contribution in [2.45, 2.75) is 6.10 Å². The minimum atomic E-state index is -0.425. The van der Waals surface area contributed by atoms with E-state index in [1.165, 1.54) is 4.90 Å². The van der Waals surface area contributed by atoms with Crippen LogP contribution in [0.5, 0.6) is 0 Å². The van der Waals surface area contributed by atoms with E-state index >= 15 is 0 Å². The van der Waals surface area contributed by atoms with Gasteiger partial charge in [-0.15, -0.1) is 0 Å². The van der Waals surface area contributed by atoms with Crippen LogP contribution in [0, 0.1) is 43.2 Å². The summed E-state index contributed by atoms with van der Waals surface area (Å²) in [6.07, 6.45) is 0.778. The van der Waals surface area contributed by atoms with Gasteiger partial charge in [0, 0.05) is 62.8 Å². The van der Waals surface area contributed by atoms with Gasteiger partial charge in [-0.25, -0.2) is 4.79 Å². The second-order valence-corrected chi connectivity index (χ2v) is 3.29. The average Bonchev–Trinajstić information content (AvgIpc) is 2.69. The quantitative estimate of drug-likeness (QED) is 0.354. The fourth-order valence-electron chi connectivity index (χ4n) is 1.49. The molecule has 0 spiro atoms. The number of rotatable bonds is 4.